The summed E-state index contributed by atoms with van der Waals surface area (Å²) in [7, 11) is 1.81. The predicted molar refractivity (Wildman–Crippen MR) is 109 cm³/mol. The number of hydrogen-bond donors (Lipinski definition) is 1. The SMILES string of the molecule is CN(Cc1cccc2cccnc12)C(=O)CC1C(=O)NCCN1C1CCCC1. The van der Waals surface area contributed by atoms with Crippen molar-refractivity contribution in [2.24, 2.45) is 0 Å². The second-order valence-corrected chi connectivity index (χ2v) is 7.93. The van der Waals surface area contributed by atoms with Crippen LogP contribution >= 0.6 is 0 Å². The molecule has 28 heavy (non-hydrogen) atoms. The fourth-order valence-corrected chi connectivity index (χ4v) is 4.58. The Labute approximate surface area is 165 Å². The maximum absolute atomic E-state index is 13.0. The molecule has 148 valence electrons. The summed E-state index contributed by atoms with van der Waals surface area (Å²) in [5.41, 5.74) is 1.95. The first-order valence-corrected chi connectivity index (χ1v) is 10.2. The third kappa shape index (κ3) is 3.87. The molecule has 1 atom stereocenters. The predicted octanol–water partition coefficient (Wildman–Crippen LogP) is 2.33. The van der Waals surface area contributed by atoms with Crippen LogP contribution in [0.15, 0.2) is 36.5 Å². The Bertz CT molecular complexity index is 857. The van der Waals surface area contributed by atoms with Gasteiger partial charge in [-0.25, -0.2) is 0 Å². The number of carbonyl (C=O) groups is 2. The highest BCUT2D eigenvalue weighted by atomic mass is 16.2. The highest BCUT2D eigenvalue weighted by Crippen LogP contribution is 2.27. The van der Waals surface area contributed by atoms with Crippen molar-refractivity contribution in [3.05, 3.63) is 42.1 Å². The zero-order valence-corrected chi connectivity index (χ0v) is 16.4. The molecule has 1 N–H and O–H groups in total. The monoisotopic (exact) mass is 380 g/mol. The maximum atomic E-state index is 13.0. The number of carbonyl (C=O) groups excluding carboxylic acids is 2. The summed E-state index contributed by atoms with van der Waals surface area (Å²) in [6.45, 7) is 2.01. The van der Waals surface area contributed by atoms with E-state index in [9.17, 15) is 9.59 Å². The number of aromatic nitrogens is 1. The number of benzene rings is 1. The highest BCUT2D eigenvalue weighted by Gasteiger charge is 2.37. The zero-order valence-electron chi connectivity index (χ0n) is 16.4. The van der Waals surface area contributed by atoms with Gasteiger partial charge in [-0.15, -0.1) is 0 Å². The summed E-state index contributed by atoms with van der Waals surface area (Å²) in [4.78, 5) is 33.9. The van der Waals surface area contributed by atoms with Crippen LogP contribution in [0.3, 0.4) is 0 Å². The van der Waals surface area contributed by atoms with Gasteiger partial charge in [0.05, 0.1) is 18.0 Å². The maximum Gasteiger partial charge on any atom is 0.237 e. The van der Waals surface area contributed by atoms with E-state index in [0.29, 0.717) is 19.1 Å². The molecule has 2 aromatic rings. The minimum atomic E-state index is -0.350. The average Bonchev–Trinajstić information content (AvgIpc) is 3.24. The number of nitrogens with zero attached hydrogens (tertiary/aromatic N) is 3. The summed E-state index contributed by atoms with van der Waals surface area (Å²) in [5, 5.41) is 4.01. The lowest BCUT2D eigenvalue weighted by atomic mass is 10.0. The van der Waals surface area contributed by atoms with Crippen molar-refractivity contribution in [2.75, 3.05) is 20.1 Å². The number of amides is 2. The van der Waals surface area contributed by atoms with Gasteiger partial charge in [0.1, 0.15) is 0 Å². The van der Waals surface area contributed by atoms with Crippen LogP contribution < -0.4 is 5.32 Å². The molecule has 2 fully saturated rings. The van der Waals surface area contributed by atoms with Gasteiger partial charge in [-0.1, -0.05) is 37.1 Å². The number of pyridine rings is 1. The Morgan fingerprint density at radius 2 is 2.04 bits per heavy atom. The normalized spacial score (nSPS) is 21.0. The number of piperazine rings is 1. The Morgan fingerprint density at radius 1 is 1.25 bits per heavy atom. The van der Waals surface area contributed by atoms with E-state index in [4.69, 9.17) is 0 Å². The zero-order chi connectivity index (χ0) is 19.5. The molecule has 1 aromatic heterocycles. The van der Waals surface area contributed by atoms with Gasteiger partial charge in [0, 0.05) is 44.3 Å². The molecule has 4 rings (SSSR count). The van der Waals surface area contributed by atoms with Crippen molar-refractivity contribution >= 4 is 22.7 Å². The molecular weight excluding hydrogens is 352 g/mol. The molecule has 1 unspecified atom stereocenters. The van der Waals surface area contributed by atoms with Gasteiger partial charge in [0.2, 0.25) is 11.8 Å². The van der Waals surface area contributed by atoms with Crippen molar-refractivity contribution in [3.8, 4) is 0 Å². The van der Waals surface area contributed by atoms with Crippen LogP contribution in [0, 0.1) is 0 Å². The summed E-state index contributed by atoms with van der Waals surface area (Å²) in [5.74, 6) is -0.00953. The van der Waals surface area contributed by atoms with Crippen LogP contribution in [0.2, 0.25) is 0 Å². The van der Waals surface area contributed by atoms with Crippen molar-refractivity contribution in [3.63, 3.8) is 0 Å². The van der Waals surface area contributed by atoms with Crippen LogP contribution in [0.4, 0.5) is 0 Å². The lowest BCUT2D eigenvalue weighted by Crippen LogP contribution is -2.59. The van der Waals surface area contributed by atoms with Crippen LogP contribution in [0.1, 0.15) is 37.7 Å². The number of hydrogen-bond acceptors (Lipinski definition) is 4. The lowest BCUT2D eigenvalue weighted by Gasteiger charge is -2.39. The van der Waals surface area contributed by atoms with Crippen molar-refractivity contribution in [2.45, 2.75) is 50.7 Å². The summed E-state index contributed by atoms with van der Waals surface area (Å²) in [6, 6.07) is 10.1. The minimum absolute atomic E-state index is 0.00187. The molecule has 0 radical (unpaired) electrons. The third-order valence-electron chi connectivity index (χ3n) is 6.08. The van der Waals surface area contributed by atoms with E-state index >= 15 is 0 Å². The van der Waals surface area contributed by atoms with E-state index in [1.165, 1.54) is 12.8 Å². The first-order valence-electron chi connectivity index (χ1n) is 10.2. The first-order chi connectivity index (χ1) is 13.6. The number of fused-ring (bicyclic) bond motifs is 1. The van der Waals surface area contributed by atoms with Gasteiger partial charge in [-0.3, -0.25) is 19.5 Å². The molecule has 1 aliphatic carbocycles. The Hall–Kier alpha value is -2.47. The van der Waals surface area contributed by atoms with E-state index in [2.05, 4.69) is 15.2 Å². The quantitative estimate of drug-likeness (QED) is 0.865. The molecule has 1 saturated heterocycles. The highest BCUT2D eigenvalue weighted by molar-refractivity contribution is 5.89. The fraction of sp³-hybridized carbons (Fsp3) is 0.500. The minimum Gasteiger partial charge on any atom is -0.353 e. The largest absolute Gasteiger partial charge is 0.353 e. The van der Waals surface area contributed by atoms with Crippen molar-refractivity contribution in [1.82, 2.24) is 20.1 Å². The number of nitrogens with one attached hydrogen (secondary N) is 1. The molecule has 2 aliphatic rings. The Kier molecular flexibility index (Phi) is 5.57. The number of para-hydroxylation sites is 1. The van der Waals surface area contributed by atoms with Crippen LogP contribution in [-0.4, -0.2) is 58.8 Å². The lowest BCUT2D eigenvalue weighted by molar-refractivity contribution is -0.139. The van der Waals surface area contributed by atoms with Crippen LogP contribution in [0.25, 0.3) is 10.9 Å². The van der Waals surface area contributed by atoms with Gasteiger partial charge in [0.25, 0.3) is 0 Å². The fourth-order valence-electron chi connectivity index (χ4n) is 4.58. The molecule has 2 heterocycles. The Morgan fingerprint density at radius 3 is 2.86 bits per heavy atom. The number of rotatable bonds is 5. The summed E-state index contributed by atoms with van der Waals surface area (Å²) < 4.78 is 0. The van der Waals surface area contributed by atoms with E-state index in [1.807, 2.05) is 37.4 Å². The van der Waals surface area contributed by atoms with Gasteiger partial charge >= 0.3 is 0 Å². The molecule has 2 amide bonds. The second kappa shape index (κ2) is 8.27. The third-order valence-corrected chi connectivity index (χ3v) is 6.08. The first kappa shape index (κ1) is 18.9. The van der Waals surface area contributed by atoms with Crippen molar-refractivity contribution < 1.29 is 9.59 Å². The van der Waals surface area contributed by atoms with Crippen molar-refractivity contribution in [1.29, 1.82) is 0 Å². The molecular formula is C22H28N4O2. The topological polar surface area (TPSA) is 65.5 Å². The van der Waals surface area contributed by atoms with E-state index in [-0.39, 0.29) is 24.3 Å². The molecule has 1 saturated carbocycles. The van der Waals surface area contributed by atoms with Crippen LogP contribution in [0.5, 0.6) is 0 Å². The molecule has 1 aromatic carbocycles. The van der Waals surface area contributed by atoms with E-state index in [0.717, 1.165) is 35.9 Å². The molecule has 0 spiro atoms. The van der Waals surface area contributed by atoms with Gasteiger partial charge < -0.3 is 10.2 Å². The summed E-state index contributed by atoms with van der Waals surface area (Å²) >= 11 is 0. The molecule has 6 nitrogen and oxygen atoms in total. The molecule has 1 aliphatic heterocycles. The smallest absolute Gasteiger partial charge is 0.237 e. The molecule has 6 heteroatoms. The van der Waals surface area contributed by atoms with Gasteiger partial charge in [-0.2, -0.15) is 0 Å². The molecule has 0 bridgehead atoms. The van der Waals surface area contributed by atoms with Gasteiger partial charge in [-0.05, 0) is 24.5 Å². The average molecular weight is 380 g/mol. The van der Waals surface area contributed by atoms with E-state index in [1.54, 1.807) is 11.1 Å². The van der Waals surface area contributed by atoms with Gasteiger partial charge in [0.15, 0.2) is 0 Å². The Balaban J connectivity index is 1.46. The van der Waals surface area contributed by atoms with Crippen LogP contribution in [-0.2, 0) is 16.1 Å². The second-order valence-electron chi connectivity index (χ2n) is 7.93. The standard InChI is InChI=1S/C22H28N4O2/c1-25(15-17-7-4-6-16-8-5-11-23-21(16)17)20(27)14-19-22(28)24-12-13-26(19)18-9-2-3-10-18/h4-8,11,18-19H,2-3,9-10,12-15H2,1H3,(H,24,28). The summed E-state index contributed by atoms with van der Waals surface area (Å²) in [6.07, 6.45) is 6.72. The van der Waals surface area contributed by atoms with E-state index < -0.39 is 0 Å².